The predicted octanol–water partition coefficient (Wildman–Crippen LogP) is 3.62. The van der Waals surface area contributed by atoms with Crippen molar-refractivity contribution in [3.05, 3.63) is 52.8 Å². The largest absolute Gasteiger partial charge is 0.352 e. The lowest BCUT2D eigenvalue weighted by molar-refractivity contribution is -0.114. The van der Waals surface area contributed by atoms with Gasteiger partial charge in [0.2, 0.25) is 5.91 Å². The van der Waals surface area contributed by atoms with E-state index in [1.807, 2.05) is 0 Å². The number of nitrogens with one attached hydrogen (secondary N) is 2. The van der Waals surface area contributed by atoms with E-state index in [0.29, 0.717) is 23.8 Å². The maximum atomic E-state index is 12.2. The molecule has 0 saturated heterocycles. The summed E-state index contributed by atoms with van der Waals surface area (Å²) in [5, 5.41) is 5.64. The molecule has 0 spiro atoms. The van der Waals surface area contributed by atoms with E-state index in [1.54, 1.807) is 24.3 Å². The number of anilines is 1. The number of rotatable bonds is 6. The summed E-state index contributed by atoms with van der Waals surface area (Å²) in [4.78, 5) is 23.2. The Bertz CT molecular complexity index is 758. The highest BCUT2D eigenvalue weighted by atomic mass is 16.2. The Balaban J connectivity index is 1.92. The van der Waals surface area contributed by atoms with Crippen molar-refractivity contribution in [1.29, 1.82) is 0 Å². The van der Waals surface area contributed by atoms with Crippen LogP contribution in [0.1, 0.15) is 54.1 Å². The number of benzene rings is 1. The number of aromatic nitrogens is 1. The summed E-state index contributed by atoms with van der Waals surface area (Å²) >= 11 is 0. The van der Waals surface area contributed by atoms with Gasteiger partial charge >= 0.3 is 0 Å². The van der Waals surface area contributed by atoms with Gasteiger partial charge in [0.25, 0.3) is 5.91 Å². The first-order valence-electron chi connectivity index (χ1n) is 8.62. The molecule has 0 unspecified atom stereocenters. The van der Waals surface area contributed by atoms with Gasteiger partial charge in [0.05, 0.1) is 0 Å². The molecule has 5 heteroatoms. The molecule has 0 aliphatic carbocycles. The number of aryl methyl sites for hydroxylation is 1. The van der Waals surface area contributed by atoms with Crippen LogP contribution < -0.4 is 10.6 Å². The number of carbonyl (C=O) groups is 2. The van der Waals surface area contributed by atoms with E-state index < -0.39 is 0 Å². The highest BCUT2D eigenvalue weighted by Crippen LogP contribution is 2.20. The Morgan fingerprint density at radius 3 is 2.28 bits per heavy atom. The van der Waals surface area contributed by atoms with Crippen LogP contribution in [0.15, 0.2) is 30.3 Å². The first-order valence-corrected chi connectivity index (χ1v) is 8.62. The number of nitrogens with zero attached hydrogens (tertiary/aromatic N) is 1. The fourth-order valence-corrected chi connectivity index (χ4v) is 3.21. The molecule has 134 valence electrons. The molecule has 0 aliphatic rings. The van der Waals surface area contributed by atoms with Crippen molar-refractivity contribution in [1.82, 2.24) is 9.88 Å². The molecule has 2 rings (SSSR count). The maximum Gasteiger partial charge on any atom is 0.251 e. The lowest BCUT2D eigenvalue weighted by Gasteiger charge is -2.14. The van der Waals surface area contributed by atoms with Crippen LogP contribution in [0.5, 0.6) is 0 Å². The molecule has 0 bridgehead atoms. The van der Waals surface area contributed by atoms with E-state index in [2.05, 4.69) is 49.0 Å². The van der Waals surface area contributed by atoms with E-state index in [-0.39, 0.29) is 11.8 Å². The lowest BCUT2D eigenvalue weighted by Crippen LogP contribution is -2.25. The molecular weight excluding hydrogens is 314 g/mol. The topological polar surface area (TPSA) is 63.1 Å². The monoisotopic (exact) mass is 341 g/mol. The minimum Gasteiger partial charge on any atom is -0.352 e. The van der Waals surface area contributed by atoms with Crippen LogP contribution in [0.25, 0.3) is 0 Å². The zero-order valence-corrected chi connectivity index (χ0v) is 15.6. The summed E-state index contributed by atoms with van der Waals surface area (Å²) in [6.45, 7) is 10.6. The van der Waals surface area contributed by atoms with Crippen LogP contribution in [0, 0.1) is 13.8 Å². The quantitative estimate of drug-likeness (QED) is 0.843. The van der Waals surface area contributed by atoms with Gasteiger partial charge in [-0.05, 0) is 70.0 Å². The van der Waals surface area contributed by atoms with Gasteiger partial charge in [-0.15, -0.1) is 0 Å². The Labute approximate surface area is 149 Å². The zero-order valence-electron chi connectivity index (χ0n) is 15.6. The number of hydrogen-bond acceptors (Lipinski definition) is 2. The summed E-state index contributed by atoms with van der Waals surface area (Å²) in [6.07, 6.45) is 0.808. The van der Waals surface area contributed by atoms with Crippen molar-refractivity contribution in [3.8, 4) is 0 Å². The lowest BCUT2D eigenvalue weighted by atomic mass is 10.1. The maximum absolute atomic E-state index is 12.2. The average molecular weight is 341 g/mol. The second-order valence-electron chi connectivity index (χ2n) is 6.62. The molecule has 0 aliphatic heterocycles. The Kier molecular flexibility index (Phi) is 6.02. The van der Waals surface area contributed by atoms with Gasteiger partial charge in [-0.3, -0.25) is 9.59 Å². The van der Waals surface area contributed by atoms with Crippen molar-refractivity contribution in [2.24, 2.45) is 0 Å². The fraction of sp³-hybridized carbons (Fsp3) is 0.400. The molecule has 25 heavy (non-hydrogen) atoms. The van der Waals surface area contributed by atoms with E-state index in [0.717, 1.165) is 6.42 Å². The molecule has 1 aromatic carbocycles. The van der Waals surface area contributed by atoms with Gasteiger partial charge in [-0.25, -0.2) is 0 Å². The van der Waals surface area contributed by atoms with Gasteiger partial charge in [0, 0.05) is 42.1 Å². The molecule has 2 N–H and O–H groups in total. The predicted molar refractivity (Wildman–Crippen MR) is 101 cm³/mol. The van der Waals surface area contributed by atoms with E-state index in [1.165, 1.54) is 23.9 Å². The highest BCUT2D eigenvalue weighted by molar-refractivity contribution is 5.95. The van der Waals surface area contributed by atoms with Crippen LogP contribution in [0.4, 0.5) is 5.69 Å². The molecular formula is C20H27N3O2. The summed E-state index contributed by atoms with van der Waals surface area (Å²) in [5.74, 6) is -0.233. The second kappa shape index (κ2) is 8.01. The van der Waals surface area contributed by atoms with Gasteiger partial charge in [-0.2, -0.15) is 0 Å². The molecule has 0 atom stereocenters. The smallest absolute Gasteiger partial charge is 0.251 e. The first kappa shape index (κ1) is 18.8. The SMILES string of the molecule is CC(=O)Nc1ccc(C(=O)NCCc2cc(C)n(C(C)C)c2C)cc1. The van der Waals surface area contributed by atoms with Crippen LogP contribution in [-0.4, -0.2) is 22.9 Å². The number of amides is 2. The van der Waals surface area contributed by atoms with E-state index in [9.17, 15) is 9.59 Å². The Morgan fingerprint density at radius 2 is 1.76 bits per heavy atom. The Morgan fingerprint density at radius 1 is 1.12 bits per heavy atom. The standard InChI is InChI=1S/C20H27N3O2/c1-13(2)23-14(3)12-18(15(23)4)10-11-21-20(25)17-6-8-19(9-7-17)22-16(5)24/h6-9,12-13H,10-11H2,1-5H3,(H,21,25)(H,22,24). The molecule has 1 heterocycles. The van der Waals surface area contributed by atoms with Gasteiger partial charge in [0.15, 0.2) is 0 Å². The second-order valence-corrected chi connectivity index (χ2v) is 6.62. The molecule has 0 radical (unpaired) electrons. The van der Waals surface area contributed by atoms with Crippen molar-refractivity contribution in [2.45, 2.75) is 47.1 Å². The summed E-state index contributed by atoms with van der Waals surface area (Å²) in [6, 6.07) is 9.52. The molecule has 0 fully saturated rings. The highest BCUT2D eigenvalue weighted by Gasteiger charge is 2.12. The molecule has 0 saturated carbocycles. The van der Waals surface area contributed by atoms with Crippen LogP contribution in [-0.2, 0) is 11.2 Å². The molecule has 2 amide bonds. The van der Waals surface area contributed by atoms with Crippen LogP contribution in [0.3, 0.4) is 0 Å². The summed E-state index contributed by atoms with van der Waals surface area (Å²) < 4.78 is 2.32. The normalized spacial score (nSPS) is 10.8. The zero-order chi connectivity index (χ0) is 18.6. The van der Waals surface area contributed by atoms with Crippen LogP contribution in [0.2, 0.25) is 0 Å². The van der Waals surface area contributed by atoms with Crippen molar-refractivity contribution >= 4 is 17.5 Å². The molecule has 2 aromatic rings. The van der Waals surface area contributed by atoms with Crippen molar-refractivity contribution in [3.63, 3.8) is 0 Å². The third-order valence-electron chi connectivity index (χ3n) is 4.25. The van der Waals surface area contributed by atoms with Gasteiger partial charge < -0.3 is 15.2 Å². The van der Waals surface area contributed by atoms with Gasteiger partial charge in [0.1, 0.15) is 0 Å². The third kappa shape index (κ3) is 4.72. The minimum atomic E-state index is -0.129. The third-order valence-corrected chi connectivity index (χ3v) is 4.25. The number of carbonyl (C=O) groups excluding carboxylic acids is 2. The fourth-order valence-electron chi connectivity index (χ4n) is 3.21. The van der Waals surface area contributed by atoms with Crippen molar-refractivity contribution < 1.29 is 9.59 Å². The van der Waals surface area contributed by atoms with E-state index >= 15 is 0 Å². The Hall–Kier alpha value is -2.56. The van der Waals surface area contributed by atoms with Gasteiger partial charge in [-0.1, -0.05) is 0 Å². The molecule has 5 nitrogen and oxygen atoms in total. The van der Waals surface area contributed by atoms with Crippen molar-refractivity contribution in [2.75, 3.05) is 11.9 Å². The number of hydrogen-bond donors (Lipinski definition) is 2. The van der Waals surface area contributed by atoms with Crippen LogP contribution >= 0.6 is 0 Å². The van der Waals surface area contributed by atoms with E-state index in [4.69, 9.17) is 0 Å². The first-order chi connectivity index (χ1) is 11.8. The summed E-state index contributed by atoms with van der Waals surface area (Å²) in [7, 11) is 0. The average Bonchev–Trinajstić information content (AvgIpc) is 2.81. The summed E-state index contributed by atoms with van der Waals surface area (Å²) in [5.41, 5.74) is 5.06. The minimum absolute atomic E-state index is 0.105. The molecule has 1 aromatic heterocycles.